The van der Waals surface area contributed by atoms with Crippen LogP contribution in [0.5, 0.6) is 5.75 Å². The Morgan fingerprint density at radius 2 is 1.80 bits per heavy atom. The standard InChI is InChI=1S/C16H13FN2O/c17-13-6-2-1-5-11(13)14(18)12-8-7-10-4-3-9-19-15(10)16(12)20/h1-9,14,20H,18H2. The van der Waals surface area contributed by atoms with E-state index in [1.54, 1.807) is 36.5 Å². The first-order valence-corrected chi connectivity index (χ1v) is 6.25. The molecule has 1 heterocycles. The third-order valence-corrected chi connectivity index (χ3v) is 3.35. The van der Waals surface area contributed by atoms with E-state index in [1.807, 2.05) is 12.1 Å². The first-order valence-electron chi connectivity index (χ1n) is 6.25. The van der Waals surface area contributed by atoms with Crippen molar-refractivity contribution in [2.75, 3.05) is 0 Å². The van der Waals surface area contributed by atoms with Gasteiger partial charge in [-0.15, -0.1) is 0 Å². The van der Waals surface area contributed by atoms with Crippen molar-refractivity contribution in [2.45, 2.75) is 6.04 Å². The minimum absolute atomic E-state index is 0.00106. The van der Waals surface area contributed by atoms with Gasteiger partial charge in [0, 0.05) is 22.7 Å². The van der Waals surface area contributed by atoms with E-state index in [0.29, 0.717) is 16.6 Å². The van der Waals surface area contributed by atoms with E-state index in [0.717, 1.165) is 5.39 Å². The van der Waals surface area contributed by atoms with Crippen LogP contribution in [0.1, 0.15) is 17.2 Å². The van der Waals surface area contributed by atoms with Crippen LogP contribution in [0.25, 0.3) is 10.9 Å². The summed E-state index contributed by atoms with van der Waals surface area (Å²) in [5, 5.41) is 11.1. The van der Waals surface area contributed by atoms with Gasteiger partial charge in [-0.1, -0.05) is 36.4 Å². The Kier molecular flexibility index (Phi) is 3.08. The summed E-state index contributed by atoms with van der Waals surface area (Å²) in [5.41, 5.74) is 7.36. The van der Waals surface area contributed by atoms with Gasteiger partial charge in [0.25, 0.3) is 0 Å². The molecule has 3 nitrogen and oxygen atoms in total. The van der Waals surface area contributed by atoms with E-state index < -0.39 is 6.04 Å². The smallest absolute Gasteiger partial charge is 0.146 e. The van der Waals surface area contributed by atoms with E-state index in [2.05, 4.69) is 4.98 Å². The Morgan fingerprint density at radius 3 is 2.60 bits per heavy atom. The zero-order valence-corrected chi connectivity index (χ0v) is 10.6. The molecule has 0 saturated heterocycles. The van der Waals surface area contributed by atoms with Crippen molar-refractivity contribution in [3.63, 3.8) is 0 Å². The molecule has 0 aliphatic carbocycles. The molecule has 2 aromatic carbocycles. The predicted octanol–water partition coefficient (Wildman–Crippen LogP) is 3.13. The summed E-state index contributed by atoms with van der Waals surface area (Å²) in [6.45, 7) is 0. The molecule has 1 aromatic heterocycles. The molecule has 3 aromatic rings. The van der Waals surface area contributed by atoms with Gasteiger partial charge in [-0.2, -0.15) is 0 Å². The normalized spacial score (nSPS) is 12.5. The fourth-order valence-electron chi connectivity index (χ4n) is 2.29. The van der Waals surface area contributed by atoms with Gasteiger partial charge < -0.3 is 10.8 Å². The van der Waals surface area contributed by atoms with E-state index >= 15 is 0 Å². The summed E-state index contributed by atoms with van der Waals surface area (Å²) >= 11 is 0. The van der Waals surface area contributed by atoms with Crippen molar-refractivity contribution in [3.05, 3.63) is 71.7 Å². The summed E-state index contributed by atoms with van der Waals surface area (Å²) in [6.07, 6.45) is 1.60. The quantitative estimate of drug-likeness (QED) is 0.750. The number of aromatic nitrogens is 1. The number of halogens is 1. The lowest BCUT2D eigenvalue weighted by atomic mass is 9.97. The maximum Gasteiger partial charge on any atom is 0.146 e. The monoisotopic (exact) mass is 268 g/mol. The van der Waals surface area contributed by atoms with Gasteiger partial charge in [0.2, 0.25) is 0 Å². The highest BCUT2D eigenvalue weighted by Crippen LogP contribution is 2.33. The molecule has 1 atom stereocenters. The maximum atomic E-state index is 13.8. The van der Waals surface area contributed by atoms with Crippen LogP contribution in [0.4, 0.5) is 4.39 Å². The van der Waals surface area contributed by atoms with Crippen LogP contribution in [-0.2, 0) is 0 Å². The van der Waals surface area contributed by atoms with Crippen molar-refractivity contribution in [2.24, 2.45) is 5.73 Å². The number of benzene rings is 2. The molecule has 0 fully saturated rings. The van der Waals surface area contributed by atoms with Gasteiger partial charge in [-0.3, -0.25) is 4.98 Å². The number of nitrogens with two attached hydrogens (primary N) is 1. The zero-order valence-electron chi connectivity index (χ0n) is 10.6. The van der Waals surface area contributed by atoms with Gasteiger partial charge in [0.15, 0.2) is 0 Å². The van der Waals surface area contributed by atoms with Crippen LogP contribution in [0.15, 0.2) is 54.7 Å². The van der Waals surface area contributed by atoms with E-state index in [-0.39, 0.29) is 11.6 Å². The molecule has 3 rings (SSSR count). The number of phenols is 1. The molecule has 20 heavy (non-hydrogen) atoms. The lowest BCUT2D eigenvalue weighted by molar-refractivity contribution is 0.469. The summed E-state index contributed by atoms with van der Waals surface area (Å²) in [6, 6.07) is 12.7. The van der Waals surface area contributed by atoms with E-state index in [1.165, 1.54) is 6.07 Å². The van der Waals surface area contributed by atoms with Crippen LogP contribution in [0, 0.1) is 5.82 Å². The van der Waals surface area contributed by atoms with Crippen molar-refractivity contribution < 1.29 is 9.50 Å². The summed E-state index contributed by atoms with van der Waals surface area (Å²) in [4.78, 5) is 4.14. The van der Waals surface area contributed by atoms with Gasteiger partial charge in [0.1, 0.15) is 17.1 Å². The second-order valence-electron chi connectivity index (χ2n) is 4.58. The number of fused-ring (bicyclic) bond motifs is 1. The highest BCUT2D eigenvalue weighted by molar-refractivity contribution is 5.85. The Morgan fingerprint density at radius 1 is 1.00 bits per heavy atom. The minimum atomic E-state index is -0.734. The Bertz CT molecular complexity index is 773. The molecule has 0 spiro atoms. The van der Waals surface area contributed by atoms with Crippen molar-refractivity contribution in [3.8, 4) is 5.75 Å². The van der Waals surface area contributed by atoms with Crippen LogP contribution in [0.2, 0.25) is 0 Å². The molecule has 0 saturated carbocycles. The second kappa shape index (κ2) is 4.90. The molecule has 0 amide bonds. The third kappa shape index (κ3) is 2.00. The SMILES string of the molecule is NC(c1ccccc1F)c1ccc2cccnc2c1O. The second-order valence-corrected chi connectivity index (χ2v) is 4.58. The number of aromatic hydroxyl groups is 1. The molecular weight excluding hydrogens is 255 g/mol. The van der Waals surface area contributed by atoms with Gasteiger partial charge >= 0.3 is 0 Å². The molecule has 4 heteroatoms. The molecule has 0 radical (unpaired) electrons. The number of phenolic OH excluding ortho intramolecular Hbond substituents is 1. The number of hydrogen-bond acceptors (Lipinski definition) is 3. The first kappa shape index (κ1) is 12.6. The Hall–Kier alpha value is -2.46. The third-order valence-electron chi connectivity index (χ3n) is 3.35. The summed E-state index contributed by atoms with van der Waals surface area (Å²) in [5.74, 6) is -0.389. The molecular formula is C16H13FN2O. The highest BCUT2D eigenvalue weighted by atomic mass is 19.1. The lowest BCUT2D eigenvalue weighted by Crippen LogP contribution is -2.13. The van der Waals surface area contributed by atoms with Crippen molar-refractivity contribution in [1.29, 1.82) is 0 Å². The molecule has 100 valence electrons. The Balaban J connectivity index is 2.15. The average molecular weight is 268 g/mol. The number of hydrogen-bond donors (Lipinski definition) is 2. The van der Waals surface area contributed by atoms with Crippen molar-refractivity contribution in [1.82, 2.24) is 4.98 Å². The van der Waals surface area contributed by atoms with E-state index in [4.69, 9.17) is 5.73 Å². The van der Waals surface area contributed by atoms with E-state index in [9.17, 15) is 9.50 Å². The number of nitrogens with zero attached hydrogens (tertiary/aromatic N) is 1. The van der Waals surface area contributed by atoms with Gasteiger partial charge in [-0.05, 0) is 12.1 Å². The van der Waals surface area contributed by atoms with Crippen LogP contribution in [0.3, 0.4) is 0 Å². The molecule has 0 aliphatic rings. The van der Waals surface area contributed by atoms with Gasteiger partial charge in [0.05, 0.1) is 6.04 Å². The number of pyridine rings is 1. The Labute approximate surface area is 115 Å². The van der Waals surface area contributed by atoms with Crippen LogP contribution in [-0.4, -0.2) is 10.1 Å². The molecule has 1 unspecified atom stereocenters. The predicted molar refractivity (Wildman–Crippen MR) is 75.8 cm³/mol. The number of rotatable bonds is 2. The molecule has 3 N–H and O–H groups in total. The topological polar surface area (TPSA) is 59.1 Å². The fourth-order valence-corrected chi connectivity index (χ4v) is 2.29. The largest absolute Gasteiger partial charge is 0.505 e. The summed E-state index contributed by atoms with van der Waals surface area (Å²) < 4.78 is 13.8. The zero-order chi connectivity index (χ0) is 14.1. The van der Waals surface area contributed by atoms with Crippen LogP contribution >= 0.6 is 0 Å². The maximum absolute atomic E-state index is 13.8. The average Bonchev–Trinajstić information content (AvgIpc) is 2.48. The minimum Gasteiger partial charge on any atom is -0.505 e. The summed E-state index contributed by atoms with van der Waals surface area (Å²) in [7, 11) is 0. The van der Waals surface area contributed by atoms with Gasteiger partial charge in [-0.25, -0.2) is 4.39 Å². The lowest BCUT2D eigenvalue weighted by Gasteiger charge is -2.15. The first-order chi connectivity index (χ1) is 9.68. The molecule has 0 bridgehead atoms. The highest BCUT2D eigenvalue weighted by Gasteiger charge is 2.18. The fraction of sp³-hybridized carbons (Fsp3) is 0.0625. The van der Waals surface area contributed by atoms with Crippen molar-refractivity contribution >= 4 is 10.9 Å². The molecule has 0 aliphatic heterocycles. The van der Waals surface area contributed by atoms with Crippen LogP contribution < -0.4 is 5.73 Å².